The van der Waals surface area contributed by atoms with E-state index in [0.29, 0.717) is 67.3 Å². The monoisotopic (exact) mass is 442 g/mol. The highest BCUT2D eigenvalue weighted by atomic mass is 16.5. The Hall–Kier alpha value is -2.89. The number of aliphatic hydroxyl groups excluding tert-OH is 1. The molecule has 1 aliphatic carbocycles. The Bertz CT molecular complexity index is 1060. The van der Waals surface area contributed by atoms with Crippen LogP contribution in [-0.2, 0) is 14.3 Å². The van der Waals surface area contributed by atoms with Crippen molar-refractivity contribution in [3.63, 3.8) is 0 Å². The summed E-state index contributed by atoms with van der Waals surface area (Å²) < 4.78 is 17.0. The van der Waals surface area contributed by atoms with E-state index in [0.717, 1.165) is 31.6 Å². The molecule has 5 heterocycles. The van der Waals surface area contributed by atoms with Crippen LogP contribution in [-0.4, -0.2) is 77.7 Å². The minimum Gasteiger partial charge on any atom is -0.462 e. The number of pyridine rings is 1. The number of carbonyl (C=O) groups is 1. The van der Waals surface area contributed by atoms with Gasteiger partial charge in [0, 0.05) is 38.2 Å². The van der Waals surface area contributed by atoms with Crippen LogP contribution in [0.25, 0.3) is 11.2 Å². The van der Waals surface area contributed by atoms with Crippen molar-refractivity contribution < 1.29 is 23.8 Å². The third kappa shape index (κ3) is 3.76. The number of morpholine rings is 1. The first-order valence-corrected chi connectivity index (χ1v) is 11.1. The number of amides is 1. The largest absolute Gasteiger partial charge is 0.462 e. The molecule has 1 saturated carbocycles. The van der Waals surface area contributed by atoms with Gasteiger partial charge in [-0.3, -0.25) is 4.79 Å². The molecule has 170 valence electrons. The molecule has 11 nitrogen and oxygen atoms in total. The molecule has 1 amide bonds. The number of oxazole rings is 1. The second kappa shape index (κ2) is 7.91. The topological polar surface area (TPSA) is 125 Å². The molecule has 0 aromatic carbocycles. The molecule has 32 heavy (non-hydrogen) atoms. The lowest BCUT2D eigenvalue weighted by molar-refractivity contribution is -0.113. The third-order valence-corrected chi connectivity index (χ3v) is 6.26. The van der Waals surface area contributed by atoms with Gasteiger partial charge in [-0.05, 0) is 19.3 Å². The van der Waals surface area contributed by atoms with Gasteiger partial charge in [-0.25, -0.2) is 9.88 Å². The average Bonchev–Trinajstić information content (AvgIpc) is 3.19. The summed E-state index contributed by atoms with van der Waals surface area (Å²) in [5, 5.41) is 15.8. The molecular formula is C21H26N6O5. The van der Waals surface area contributed by atoms with Crippen LogP contribution in [0.3, 0.4) is 0 Å². The Morgan fingerprint density at radius 3 is 2.78 bits per heavy atom. The molecule has 3 aliphatic heterocycles. The number of fused-ring (bicyclic) bond motifs is 1. The first-order valence-electron chi connectivity index (χ1n) is 11.1. The van der Waals surface area contributed by atoms with E-state index < -0.39 is 6.35 Å². The van der Waals surface area contributed by atoms with E-state index in [2.05, 4.69) is 15.6 Å². The smallest absolute Gasteiger partial charge is 0.300 e. The van der Waals surface area contributed by atoms with Gasteiger partial charge in [0.25, 0.3) is 11.9 Å². The lowest BCUT2D eigenvalue weighted by Crippen LogP contribution is -2.43. The molecule has 2 unspecified atom stereocenters. The van der Waals surface area contributed by atoms with Crippen molar-refractivity contribution in [2.75, 3.05) is 49.6 Å². The molecular weight excluding hydrogens is 416 g/mol. The normalized spacial score (nSPS) is 26.2. The van der Waals surface area contributed by atoms with Gasteiger partial charge in [-0.1, -0.05) is 0 Å². The van der Waals surface area contributed by atoms with Crippen LogP contribution in [0.2, 0.25) is 0 Å². The molecule has 0 spiro atoms. The fraction of sp³-hybridized carbons (Fsp3) is 0.571. The Kier molecular flexibility index (Phi) is 4.89. The van der Waals surface area contributed by atoms with Crippen molar-refractivity contribution in [2.45, 2.75) is 37.6 Å². The van der Waals surface area contributed by atoms with Crippen molar-refractivity contribution in [1.29, 1.82) is 0 Å². The zero-order chi connectivity index (χ0) is 21.7. The average molecular weight is 442 g/mol. The summed E-state index contributed by atoms with van der Waals surface area (Å²) in [5.74, 6) is 0.0158. The van der Waals surface area contributed by atoms with Crippen LogP contribution >= 0.6 is 0 Å². The van der Waals surface area contributed by atoms with Gasteiger partial charge in [0.15, 0.2) is 5.58 Å². The van der Waals surface area contributed by atoms with E-state index >= 15 is 0 Å². The molecule has 2 aromatic heterocycles. The number of nitrogens with one attached hydrogen (secondary N) is 2. The number of aliphatic hydroxyl groups is 1. The molecule has 3 N–H and O–H groups in total. The summed E-state index contributed by atoms with van der Waals surface area (Å²) in [7, 11) is 0. The maximum absolute atomic E-state index is 12.9. The zero-order valence-electron chi connectivity index (χ0n) is 17.6. The van der Waals surface area contributed by atoms with E-state index in [1.54, 1.807) is 0 Å². The maximum Gasteiger partial charge on any atom is 0.300 e. The summed E-state index contributed by atoms with van der Waals surface area (Å²) >= 11 is 0. The number of nitrogens with zero attached hydrogens (tertiary/aromatic N) is 4. The standard InChI is InChI=1S/C21H26N6O5/c28-13-3-4-27(10-13)20-23-15(11-31-20)19(29)22-14-9-16-18(24-17(14)12-1-2-12)25-21(32-16)26-5-7-30-8-6-26/h9,11-13,20,23,28H,1-8,10H2,(H,22,29). The van der Waals surface area contributed by atoms with Crippen molar-refractivity contribution in [1.82, 2.24) is 20.2 Å². The highest BCUT2D eigenvalue weighted by molar-refractivity contribution is 6.04. The Labute approximate surface area is 184 Å². The lowest BCUT2D eigenvalue weighted by Gasteiger charge is -2.24. The summed E-state index contributed by atoms with van der Waals surface area (Å²) in [6.45, 7) is 3.96. The molecule has 2 saturated heterocycles. The predicted octanol–water partition coefficient (Wildman–Crippen LogP) is 0.687. The van der Waals surface area contributed by atoms with Gasteiger partial charge < -0.3 is 34.5 Å². The van der Waals surface area contributed by atoms with Gasteiger partial charge in [0.05, 0.1) is 30.7 Å². The summed E-state index contributed by atoms with van der Waals surface area (Å²) in [5.41, 5.74) is 2.91. The molecule has 2 aromatic rings. The number of hydrogen-bond acceptors (Lipinski definition) is 10. The van der Waals surface area contributed by atoms with Crippen LogP contribution in [0.4, 0.5) is 11.7 Å². The highest BCUT2D eigenvalue weighted by Gasteiger charge is 2.34. The minimum atomic E-state index is -0.443. The fourth-order valence-corrected chi connectivity index (χ4v) is 4.32. The van der Waals surface area contributed by atoms with Crippen LogP contribution in [0, 0.1) is 0 Å². The molecule has 11 heteroatoms. The fourth-order valence-electron chi connectivity index (χ4n) is 4.32. The SMILES string of the molecule is O=C(Nc1cc2oc(N3CCOCC3)nc2nc1C1CC1)C1=COC(N2CCC(O)C2)N1. The van der Waals surface area contributed by atoms with Crippen LogP contribution in [0.5, 0.6) is 0 Å². The van der Waals surface area contributed by atoms with Crippen LogP contribution in [0.15, 0.2) is 22.4 Å². The molecule has 0 radical (unpaired) electrons. The number of hydrogen-bond donors (Lipinski definition) is 3. The van der Waals surface area contributed by atoms with Crippen molar-refractivity contribution in [3.8, 4) is 0 Å². The van der Waals surface area contributed by atoms with Gasteiger partial charge >= 0.3 is 0 Å². The first kappa shape index (κ1) is 19.8. The minimum absolute atomic E-state index is 0.303. The molecule has 3 fully saturated rings. The van der Waals surface area contributed by atoms with Gasteiger partial charge in [-0.2, -0.15) is 4.98 Å². The van der Waals surface area contributed by atoms with E-state index in [-0.39, 0.29) is 12.0 Å². The Morgan fingerprint density at radius 1 is 1.19 bits per heavy atom. The maximum atomic E-state index is 12.9. The van der Waals surface area contributed by atoms with Crippen molar-refractivity contribution in [3.05, 3.63) is 23.7 Å². The van der Waals surface area contributed by atoms with E-state index in [9.17, 15) is 9.90 Å². The van der Waals surface area contributed by atoms with E-state index in [1.807, 2.05) is 15.9 Å². The number of aromatic nitrogens is 2. The highest BCUT2D eigenvalue weighted by Crippen LogP contribution is 2.43. The molecule has 0 bridgehead atoms. The van der Waals surface area contributed by atoms with Crippen LogP contribution < -0.4 is 15.5 Å². The number of anilines is 2. The van der Waals surface area contributed by atoms with Gasteiger partial charge in [0.2, 0.25) is 12.0 Å². The van der Waals surface area contributed by atoms with E-state index in [1.165, 1.54) is 6.26 Å². The first-order chi connectivity index (χ1) is 15.6. The van der Waals surface area contributed by atoms with Crippen molar-refractivity contribution in [2.24, 2.45) is 0 Å². The van der Waals surface area contributed by atoms with E-state index in [4.69, 9.17) is 18.9 Å². The molecule has 2 atom stereocenters. The Morgan fingerprint density at radius 2 is 2.03 bits per heavy atom. The molecule has 4 aliphatic rings. The van der Waals surface area contributed by atoms with Gasteiger partial charge in [0.1, 0.15) is 12.0 Å². The predicted molar refractivity (Wildman–Crippen MR) is 114 cm³/mol. The van der Waals surface area contributed by atoms with Crippen molar-refractivity contribution >= 4 is 28.8 Å². The lowest BCUT2D eigenvalue weighted by atomic mass is 10.2. The zero-order valence-corrected chi connectivity index (χ0v) is 17.6. The van der Waals surface area contributed by atoms with Crippen LogP contribution in [0.1, 0.15) is 30.9 Å². The number of carbonyl (C=O) groups excluding carboxylic acids is 1. The number of β-amino-alcohol motifs (C(OH)–C–C–N with tert-alkyl or cyclic N) is 1. The quantitative estimate of drug-likeness (QED) is 0.609. The van der Waals surface area contributed by atoms with Gasteiger partial charge in [-0.15, -0.1) is 0 Å². The summed E-state index contributed by atoms with van der Waals surface area (Å²) in [4.78, 5) is 26.3. The second-order valence-corrected chi connectivity index (χ2v) is 8.67. The number of likely N-dealkylation sites (tertiary alicyclic amines) is 1. The molecule has 6 rings (SSSR count). The summed E-state index contributed by atoms with van der Waals surface area (Å²) in [6, 6.07) is 2.35. The second-order valence-electron chi connectivity index (χ2n) is 8.67. The summed E-state index contributed by atoms with van der Waals surface area (Å²) in [6.07, 6.45) is 3.41. The number of ether oxygens (including phenoxy) is 2. The Balaban J connectivity index is 1.20. The number of rotatable bonds is 5. The third-order valence-electron chi connectivity index (χ3n) is 6.26.